The van der Waals surface area contributed by atoms with Crippen LogP contribution in [0.25, 0.3) is 5.82 Å². The second-order valence-corrected chi connectivity index (χ2v) is 4.31. The average molecular weight is 245 g/mol. The summed E-state index contributed by atoms with van der Waals surface area (Å²) in [4.78, 5) is 13.0. The molecule has 0 aliphatic carbocycles. The Morgan fingerprint density at radius 2 is 2.00 bits per heavy atom. The molecule has 0 aliphatic rings. The summed E-state index contributed by atoms with van der Waals surface area (Å²) in [5.41, 5.74) is 3.29. The van der Waals surface area contributed by atoms with E-state index in [1.165, 1.54) is 0 Å². The van der Waals surface area contributed by atoms with Crippen molar-refractivity contribution in [2.75, 3.05) is 12.4 Å². The topological polar surface area (TPSA) is 55.6 Å². The zero-order valence-corrected chi connectivity index (χ0v) is 11.4. The Bertz CT molecular complexity index is 544. The highest BCUT2D eigenvalue weighted by atomic mass is 15.1. The Kier molecular flexibility index (Phi) is 3.60. The van der Waals surface area contributed by atoms with E-state index in [9.17, 15) is 0 Å². The third kappa shape index (κ3) is 2.08. The van der Waals surface area contributed by atoms with E-state index in [0.717, 1.165) is 41.4 Å². The van der Waals surface area contributed by atoms with Crippen molar-refractivity contribution in [1.82, 2.24) is 19.5 Å². The Morgan fingerprint density at radius 3 is 2.56 bits per heavy atom. The lowest BCUT2D eigenvalue weighted by Gasteiger charge is -2.13. The molecule has 2 heterocycles. The number of hydrogen-bond acceptors (Lipinski definition) is 4. The van der Waals surface area contributed by atoms with Crippen molar-refractivity contribution in [2.24, 2.45) is 0 Å². The minimum absolute atomic E-state index is 0.896. The number of anilines is 1. The fraction of sp³-hybridized carbons (Fsp3) is 0.462. The van der Waals surface area contributed by atoms with E-state index in [1.807, 2.05) is 24.9 Å². The summed E-state index contributed by atoms with van der Waals surface area (Å²) in [5, 5.41) is 3.13. The molecule has 5 nitrogen and oxygen atoms in total. The summed E-state index contributed by atoms with van der Waals surface area (Å²) >= 11 is 0. The summed E-state index contributed by atoms with van der Waals surface area (Å²) < 4.78 is 2.03. The highest BCUT2D eigenvalue weighted by Crippen LogP contribution is 2.22. The van der Waals surface area contributed by atoms with Gasteiger partial charge in [0.1, 0.15) is 24.3 Å². The van der Waals surface area contributed by atoms with Gasteiger partial charge in [-0.3, -0.25) is 4.57 Å². The largest absolute Gasteiger partial charge is 0.373 e. The van der Waals surface area contributed by atoms with Gasteiger partial charge in [-0.1, -0.05) is 13.3 Å². The fourth-order valence-electron chi connectivity index (χ4n) is 2.02. The molecule has 2 rings (SSSR count). The van der Waals surface area contributed by atoms with Crippen molar-refractivity contribution in [1.29, 1.82) is 0 Å². The highest BCUT2D eigenvalue weighted by molar-refractivity contribution is 5.52. The smallest absolute Gasteiger partial charge is 0.146 e. The molecule has 0 saturated heterocycles. The number of rotatable bonds is 4. The van der Waals surface area contributed by atoms with Gasteiger partial charge in [0.15, 0.2) is 0 Å². The second-order valence-electron chi connectivity index (χ2n) is 4.31. The van der Waals surface area contributed by atoms with Gasteiger partial charge in [-0.05, 0) is 20.3 Å². The van der Waals surface area contributed by atoms with Gasteiger partial charge >= 0.3 is 0 Å². The molecule has 2 aromatic rings. The van der Waals surface area contributed by atoms with Crippen LogP contribution in [0.3, 0.4) is 0 Å². The molecule has 0 radical (unpaired) electrons. The van der Waals surface area contributed by atoms with Crippen LogP contribution >= 0.6 is 0 Å². The molecule has 0 saturated carbocycles. The van der Waals surface area contributed by atoms with Crippen LogP contribution in [-0.4, -0.2) is 26.6 Å². The molecule has 0 aromatic carbocycles. The van der Waals surface area contributed by atoms with Crippen molar-refractivity contribution in [3.63, 3.8) is 0 Å². The molecule has 0 unspecified atom stereocenters. The molecule has 0 fully saturated rings. The van der Waals surface area contributed by atoms with E-state index < -0.39 is 0 Å². The van der Waals surface area contributed by atoms with Gasteiger partial charge in [0.2, 0.25) is 0 Å². The van der Waals surface area contributed by atoms with Crippen LogP contribution in [0.4, 0.5) is 5.82 Å². The monoisotopic (exact) mass is 245 g/mol. The summed E-state index contributed by atoms with van der Waals surface area (Å²) in [7, 11) is 1.89. The maximum atomic E-state index is 4.42. The van der Waals surface area contributed by atoms with E-state index in [0.29, 0.717) is 0 Å². The van der Waals surface area contributed by atoms with Crippen LogP contribution in [0.5, 0.6) is 0 Å². The van der Waals surface area contributed by atoms with Gasteiger partial charge in [-0.15, -0.1) is 0 Å². The second kappa shape index (κ2) is 5.16. The van der Waals surface area contributed by atoms with Crippen LogP contribution in [0.15, 0.2) is 12.7 Å². The molecule has 0 amide bonds. The molecule has 1 N–H and O–H groups in total. The van der Waals surface area contributed by atoms with E-state index in [4.69, 9.17) is 0 Å². The van der Waals surface area contributed by atoms with Crippen molar-refractivity contribution in [2.45, 2.75) is 33.6 Å². The predicted octanol–water partition coefficient (Wildman–Crippen LogP) is 2.27. The molecule has 5 heteroatoms. The highest BCUT2D eigenvalue weighted by Gasteiger charge is 2.13. The van der Waals surface area contributed by atoms with Gasteiger partial charge in [0.25, 0.3) is 0 Å². The van der Waals surface area contributed by atoms with Gasteiger partial charge in [-0.25, -0.2) is 15.0 Å². The van der Waals surface area contributed by atoms with Crippen molar-refractivity contribution in [3.05, 3.63) is 29.6 Å². The lowest BCUT2D eigenvalue weighted by molar-refractivity contribution is 0.851. The quantitative estimate of drug-likeness (QED) is 0.897. The van der Waals surface area contributed by atoms with Crippen LogP contribution in [0, 0.1) is 13.8 Å². The Hall–Kier alpha value is -1.91. The average Bonchev–Trinajstić information content (AvgIpc) is 2.71. The third-order valence-corrected chi connectivity index (χ3v) is 3.14. The SMILES string of the molecule is CCCc1c(NC)ncnc1-n1cnc(C)c1C. The molecular weight excluding hydrogens is 226 g/mol. The minimum atomic E-state index is 0.896. The number of hydrogen-bond donors (Lipinski definition) is 1. The van der Waals surface area contributed by atoms with Gasteiger partial charge in [-0.2, -0.15) is 0 Å². The lowest BCUT2D eigenvalue weighted by Crippen LogP contribution is -2.08. The Balaban J connectivity index is 2.59. The van der Waals surface area contributed by atoms with Crippen molar-refractivity contribution < 1.29 is 0 Å². The van der Waals surface area contributed by atoms with E-state index in [-0.39, 0.29) is 0 Å². The number of imidazole rings is 1. The Morgan fingerprint density at radius 1 is 1.22 bits per heavy atom. The number of nitrogens with zero attached hydrogens (tertiary/aromatic N) is 4. The zero-order valence-electron chi connectivity index (χ0n) is 11.4. The van der Waals surface area contributed by atoms with Crippen molar-refractivity contribution in [3.8, 4) is 5.82 Å². The molecule has 0 bridgehead atoms. The first kappa shape index (κ1) is 12.5. The van der Waals surface area contributed by atoms with Crippen LogP contribution in [-0.2, 0) is 6.42 Å². The summed E-state index contributed by atoms with van der Waals surface area (Å²) in [6.45, 7) is 6.22. The first-order valence-electron chi connectivity index (χ1n) is 6.21. The fourth-order valence-corrected chi connectivity index (χ4v) is 2.02. The maximum absolute atomic E-state index is 4.42. The third-order valence-electron chi connectivity index (χ3n) is 3.14. The minimum Gasteiger partial charge on any atom is -0.373 e. The summed E-state index contributed by atoms with van der Waals surface area (Å²) in [5.74, 6) is 1.82. The molecule has 18 heavy (non-hydrogen) atoms. The molecular formula is C13H19N5. The normalized spacial score (nSPS) is 10.7. The predicted molar refractivity (Wildman–Crippen MR) is 72.2 cm³/mol. The first-order valence-corrected chi connectivity index (χ1v) is 6.21. The first-order chi connectivity index (χ1) is 8.69. The molecule has 0 aliphatic heterocycles. The van der Waals surface area contributed by atoms with E-state index in [1.54, 1.807) is 6.33 Å². The molecule has 0 spiro atoms. The maximum Gasteiger partial charge on any atom is 0.146 e. The molecule has 0 atom stereocenters. The standard InChI is InChI=1S/C13H19N5/c1-5-6-11-12(14-4)15-7-16-13(11)18-8-17-9(2)10(18)3/h7-8H,5-6H2,1-4H3,(H,14,15,16). The van der Waals surface area contributed by atoms with Gasteiger partial charge in [0.05, 0.1) is 5.69 Å². The number of nitrogens with one attached hydrogen (secondary N) is 1. The van der Waals surface area contributed by atoms with Gasteiger partial charge < -0.3 is 5.32 Å². The number of aryl methyl sites for hydroxylation is 1. The molecule has 2 aromatic heterocycles. The summed E-state index contributed by atoms with van der Waals surface area (Å²) in [6.07, 6.45) is 5.42. The van der Waals surface area contributed by atoms with Gasteiger partial charge in [0, 0.05) is 18.3 Å². The lowest BCUT2D eigenvalue weighted by atomic mass is 10.1. The molecule has 96 valence electrons. The van der Waals surface area contributed by atoms with Crippen LogP contribution < -0.4 is 5.32 Å². The zero-order chi connectivity index (χ0) is 13.1. The summed E-state index contributed by atoms with van der Waals surface area (Å²) in [6, 6.07) is 0. The van der Waals surface area contributed by atoms with Crippen LogP contribution in [0.1, 0.15) is 30.3 Å². The van der Waals surface area contributed by atoms with E-state index in [2.05, 4.69) is 34.1 Å². The number of aromatic nitrogens is 4. The van der Waals surface area contributed by atoms with E-state index >= 15 is 0 Å². The Labute approximate surface area is 107 Å². The van der Waals surface area contributed by atoms with Crippen LogP contribution in [0.2, 0.25) is 0 Å². The van der Waals surface area contributed by atoms with Crippen molar-refractivity contribution >= 4 is 5.82 Å².